The van der Waals surface area contributed by atoms with Gasteiger partial charge in [-0.1, -0.05) is 116 Å². The van der Waals surface area contributed by atoms with Crippen molar-refractivity contribution in [3.8, 4) is 0 Å². The Morgan fingerprint density at radius 3 is 1.85 bits per heavy atom. The van der Waals surface area contributed by atoms with Crippen LogP contribution >= 0.6 is 0 Å². The van der Waals surface area contributed by atoms with E-state index < -0.39 is 5.97 Å². The molecule has 0 aromatic rings. The maximum atomic E-state index is 12.4. The summed E-state index contributed by atoms with van der Waals surface area (Å²) in [4.78, 5) is 23.0. The summed E-state index contributed by atoms with van der Waals surface area (Å²) in [7, 11) is 0. The third kappa shape index (κ3) is 25.1. The molecule has 0 rings (SSSR count). The van der Waals surface area contributed by atoms with Crippen molar-refractivity contribution >= 4 is 11.9 Å². The van der Waals surface area contributed by atoms with E-state index in [1.54, 1.807) is 0 Å². The highest BCUT2D eigenvalue weighted by Gasteiger charge is 2.11. The van der Waals surface area contributed by atoms with E-state index in [2.05, 4.69) is 32.1 Å². The first-order valence-corrected chi connectivity index (χ1v) is 14.3. The second kappa shape index (κ2) is 26.0. The van der Waals surface area contributed by atoms with Crippen LogP contribution < -0.4 is 0 Å². The number of unbranched alkanes of at least 4 members (excludes halogenated alkanes) is 14. The highest BCUT2D eigenvalue weighted by molar-refractivity contribution is 5.69. The number of rotatable bonds is 25. The van der Waals surface area contributed by atoms with Crippen LogP contribution in [0.5, 0.6) is 0 Å². The zero-order valence-electron chi connectivity index (χ0n) is 22.4. The molecule has 0 bridgehead atoms. The van der Waals surface area contributed by atoms with Gasteiger partial charge in [0.1, 0.15) is 6.10 Å². The molecule has 4 heteroatoms. The third-order valence-electron chi connectivity index (χ3n) is 6.16. The number of ether oxygens (including phenoxy) is 1. The molecule has 198 valence electrons. The van der Waals surface area contributed by atoms with Gasteiger partial charge in [-0.2, -0.15) is 0 Å². The van der Waals surface area contributed by atoms with Crippen molar-refractivity contribution in [3.05, 3.63) is 24.3 Å². The molecule has 0 radical (unpaired) electrons. The van der Waals surface area contributed by atoms with Crippen molar-refractivity contribution in [1.29, 1.82) is 0 Å². The van der Waals surface area contributed by atoms with Crippen molar-refractivity contribution in [2.75, 3.05) is 0 Å². The van der Waals surface area contributed by atoms with E-state index in [9.17, 15) is 9.59 Å². The van der Waals surface area contributed by atoms with Crippen LogP contribution in [0.25, 0.3) is 0 Å². The lowest BCUT2D eigenvalue weighted by Gasteiger charge is -2.14. The smallest absolute Gasteiger partial charge is 0.306 e. The molecule has 0 amide bonds. The number of carbonyl (C=O) groups excluding carboxylic acids is 1. The Balaban J connectivity index is 4.14. The fourth-order valence-corrected chi connectivity index (χ4v) is 4.00. The average molecular weight is 479 g/mol. The first-order valence-electron chi connectivity index (χ1n) is 14.3. The van der Waals surface area contributed by atoms with E-state index in [1.807, 2.05) is 6.08 Å². The van der Waals surface area contributed by atoms with Gasteiger partial charge in [-0.15, -0.1) is 0 Å². The molecule has 0 spiro atoms. The van der Waals surface area contributed by atoms with E-state index in [1.165, 1.54) is 64.2 Å². The molecule has 1 N–H and O–H groups in total. The molecule has 0 aliphatic rings. The number of carboxylic acid groups (broad SMARTS) is 1. The number of carbonyl (C=O) groups is 2. The molecule has 1 atom stereocenters. The molecule has 0 saturated heterocycles. The van der Waals surface area contributed by atoms with Crippen LogP contribution in [0.1, 0.15) is 149 Å². The van der Waals surface area contributed by atoms with Gasteiger partial charge >= 0.3 is 11.9 Å². The topological polar surface area (TPSA) is 63.6 Å². The van der Waals surface area contributed by atoms with Gasteiger partial charge in [-0.25, -0.2) is 0 Å². The Kier molecular flexibility index (Phi) is 24.8. The monoisotopic (exact) mass is 478 g/mol. The molecule has 0 aromatic heterocycles. The Morgan fingerprint density at radius 2 is 1.24 bits per heavy atom. The highest BCUT2D eigenvalue weighted by atomic mass is 16.5. The SMILES string of the molecule is CCCC/C=C\C/C=C\C(CCCCCCC(=O)O)OC(=O)CCCCCCCCCCCC. The normalized spacial score (nSPS) is 12.5. The lowest BCUT2D eigenvalue weighted by Crippen LogP contribution is -2.16. The number of allylic oxidation sites excluding steroid dienone is 3. The number of hydrogen-bond acceptors (Lipinski definition) is 3. The van der Waals surface area contributed by atoms with Crippen molar-refractivity contribution in [2.45, 2.75) is 155 Å². The molecule has 0 aliphatic heterocycles. The van der Waals surface area contributed by atoms with Crippen LogP contribution in [0, 0.1) is 0 Å². The summed E-state index contributed by atoms with van der Waals surface area (Å²) in [6, 6.07) is 0. The van der Waals surface area contributed by atoms with Crippen LogP contribution in [0.2, 0.25) is 0 Å². The summed E-state index contributed by atoms with van der Waals surface area (Å²) in [6.07, 6.45) is 30.5. The lowest BCUT2D eigenvalue weighted by atomic mass is 10.1. The first-order chi connectivity index (χ1) is 16.6. The zero-order chi connectivity index (χ0) is 25.1. The standard InChI is InChI=1S/C30H54O4/c1-3-5-7-9-11-12-13-15-17-23-27-30(33)34-28(24-20-16-14-10-8-6-4-2)25-21-18-19-22-26-29(31)32/h10,14,20,24,28H,3-9,11-13,15-19,21-23,25-27H2,1-2H3,(H,31,32)/b14-10-,24-20-. The molecular formula is C30H54O4. The van der Waals surface area contributed by atoms with Crippen molar-refractivity contribution in [1.82, 2.24) is 0 Å². The minimum absolute atomic E-state index is 0.0846. The van der Waals surface area contributed by atoms with Crippen LogP contribution in [-0.2, 0) is 14.3 Å². The molecule has 0 heterocycles. The van der Waals surface area contributed by atoms with Crippen LogP contribution in [0.15, 0.2) is 24.3 Å². The molecule has 0 fully saturated rings. The molecule has 34 heavy (non-hydrogen) atoms. The molecular weight excluding hydrogens is 424 g/mol. The quantitative estimate of drug-likeness (QED) is 0.0806. The summed E-state index contributed by atoms with van der Waals surface area (Å²) < 4.78 is 5.78. The van der Waals surface area contributed by atoms with Crippen LogP contribution in [0.3, 0.4) is 0 Å². The van der Waals surface area contributed by atoms with E-state index >= 15 is 0 Å². The van der Waals surface area contributed by atoms with E-state index in [0.717, 1.165) is 57.8 Å². The molecule has 4 nitrogen and oxygen atoms in total. The molecule has 0 saturated carbocycles. The highest BCUT2D eigenvalue weighted by Crippen LogP contribution is 2.15. The van der Waals surface area contributed by atoms with Gasteiger partial charge in [-0.05, 0) is 44.6 Å². The molecule has 1 unspecified atom stereocenters. The van der Waals surface area contributed by atoms with Gasteiger partial charge < -0.3 is 9.84 Å². The molecule has 0 aliphatic carbocycles. The minimum Gasteiger partial charge on any atom is -0.481 e. The predicted octanol–water partition coefficient (Wildman–Crippen LogP) is 9.33. The van der Waals surface area contributed by atoms with E-state index in [0.29, 0.717) is 6.42 Å². The van der Waals surface area contributed by atoms with E-state index in [-0.39, 0.29) is 18.5 Å². The van der Waals surface area contributed by atoms with Gasteiger partial charge in [0.05, 0.1) is 0 Å². The van der Waals surface area contributed by atoms with Crippen LogP contribution in [0.4, 0.5) is 0 Å². The van der Waals surface area contributed by atoms with Gasteiger partial charge in [0.2, 0.25) is 0 Å². The zero-order valence-corrected chi connectivity index (χ0v) is 22.4. The Labute approximate surface area is 210 Å². The number of carboxylic acids is 1. The predicted molar refractivity (Wildman–Crippen MR) is 144 cm³/mol. The van der Waals surface area contributed by atoms with Gasteiger partial charge in [-0.3, -0.25) is 9.59 Å². The summed E-state index contributed by atoms with van der Waals surface area (Å²) in [5, 5.41) is 8.74. The maximum absolute atomic E-state index is 12.4. The third-order valence-corrected chi connectivity index (χ3v) is 6.16. The summed E-state index contributed by atoms with van der Waals surface area (Å²) in [5.74, 6) is -0.813. The van der Waals surface area contributed by atoms with Crippen LogP contribution in [-0.4, -0.2) is 23.1 Å². The average Bonchev–Trinajstić information content (AvgIpc) is 2.81. The number of hydrogen-bond donors (Lipinski definition) is 1. The van der Waals surface area contributed by atoms with Gasteiger partial charge in [0, 0.05) is 12.8 Å². The second-order valence-corrected chi connectivity index (χ2v) is 9.58. The summed E-state index contributed by atoms with van der Waals surface area (Å²) >= 11 is 0. The summed E-state index contributed by atoms with van der Waals surface area (Å²) in [5.41, 5.74) is 0. The maximum Gasteiger partial charge on any atom is 0.306 e. The van der Waals surface area contributed by atoms with Crippen molar-refractivity contribution in [2.24, 2.45) is 0 Å². The van der Waals surface area contributed by atoms with Gasteiger partial charge in [0.25, 0.3) is 0 Å². The number of aliphatic carboxylic acids is 1. The van der Waals surface area contributed by atoms with Crippen molar-refractivity contribution < 1.29 is 19.4 Å². The van der Waals surface area contributed by atoms with Crippen molar-refractivity contribution in [3.63, 3.8) is 0 Å². The largest absolute Gasteiger partial charge is 0.481 e. The minimum atomic E-state index is -0.728. The first kappa shape index (κ1) is 32.4. The summed E-state index contributed by atoms with van der Waals surface area (Å²) in [6.45, 7) is 4.45. The Morgan fingerprint density at radius 1 is 0.676 bits per heavy atom. The fraction of sp³-hybridized carbons (Fsp3) is 0.800. The fourth-order valence-electron chi connectivity index (χ4n) is 4.00. The Hall–Kier alpha value is -1.58. The second-order valence-electron chi connectivity index (χ2n) is 9.58. The molecule has 0 aromatic carbocycles. The van der Waals surface area contributed by atoms with E-state index in [4.69, 9.17) is 9.84 Å². The lowest BCUT2D eigenvalue weighted by molar-refractivity contribution is -0.147. The number of esters is 1. The van der Waals surface area contributed by atoms with Gasteiger partial charge in [0.15, 0.2) is 0 Å². The Bertz CT molecular complexity index is 524.